The first-order valence-electron chi connectivity index (χ1n) is 12.5. The van der Waals surface area contributed by atoms with Crippen molar-refractivity contribution in [3.05, 3.63) is 88.2 Å². The molecule has 1 amide bonds. The van der Waals surface area contributed by atoms with Gasteiger partial charge in [-0.2, -0.15) is 0 Å². The van der Waals surface area contributed by atoms with E-state index in [-0.39, 0.29) is 27.3 Å². The lowest BCUT2D eigenvalue weighted by molar-refractivity contribution is -0.118. The Hall–Kier alpha value is -2.74. The molecule has 8 heteroatoms. The quantitative estimate of drug-likeness (QED) is 0.365. The highest BCUT2D eigenvalue weighted by atomic mass is 35.5. The average Bonchev–Trinajstić information content (AvgIpc) is 2.87. The van der Waals surface area contributed by atoms with Gasteiger partial charge in [0.15, 0.2) is 0 Å². The molecule has 5 nitrogen and oxygen atoms in total. The van der Waals surface area contributed by atoms with Crippen LogP contribution in [0.1, 0.15) is 49.3 Å². The van der Waals surface area contributed by atoms with Crippen LogP contribution in [0.5, 0.6) is 0 Å². The van der Waals surface area contributed by atoms with Crippen molar-refractivity contribution in [1.82, 2.24) is 4.90 Å². The Labute approximate surface area is 223 Å². The number of amides is 1. The van der Waals surface area contributed by atoms with Gasteiger partial charge >= 0.3 is 0 Å². The molecule has 0 aliphatic carbocycles. The maximum atomic E-state index is 14.5. The number of nitrogens with zero attached hydrogens (tertiary/aromatic N) is 1. The van der Waals surface area contributed by atoms with Gasteiger partial charge in [-0.1, -0.05) is 37.6 Å². The second-order valence-electron chi connectivity index (χ2n) is 9.98. The van der Waals surface area contributed by atoms with Crippen LogP contribution in [0, 0.1) is 18.7 Å². The molecule has 0 aromatic heterocycles. The number of nitrogens with one attached hydrogen (secondary N) is 1. The number of sulfone groups is 1. The Morgan fingerprint density at radius 1 is 1.03 bits per heavy atom. The van der Waals surface area contributed by atoms with Gasteiger partial charge in [0.1, 0.15) is 5.82 Å². The smallest absolute Gasteiger partial charge is 0.227 e. The van der Waals surface area contributed by atoms with Crippen LogP contribution in [0.3, 0.4) is 0 Å². The highest BCUT2D eigenvalue weighted by Crippen LogP contribution is 2.34. The summed E-state index contributed by atoms with van der Waals surface area (Å²) in [6.45, 7) is 7.96. The Morgan fingerprint density at radius 2 is 1.59 bits per heavy atom. The number of hydrogen-bond acceptors (Lipinski definition) is 4. The van der Waals surface area contributed by atoms with E-state index in [1.54, 1.807) is 44.2 Å². The first kappa shape index (κ1) is 27.3. The minimum atomic E-state index is -3.59. The topological polar surface area (TPSA) is 66.5 Å². The summed E-state index contributed by atoms with van der Waals surface area (Å²) < 4.78 is 40.2. The molecule has 0 saturated carbocycles. The highest BCUT2D eigenvalue weighted by Gasteiger charge is 2.24. The molecule has 0 atom stereocenters. The summed E-state index contributed by atoms with van der Waals surface area (Å²) in [6, 6.07) is 16.5. The Kier molecular flexibility index (Phi) is 8.36. The molecule has 1 heterocycles. The second-order valence-corrected chi connectivity index (χ2v) is 12.4. The number of piperidine rings is 1. The summed E-state index contributed by atoms with van der Waals surface area (Å²) in [5, 5.41) is 3.20. The van der Waals surface area contributed by atoms with Gasteiger partial charge in [0.05, 0.1) is 15.5 Å². The first-order chi connectivity index (χ1) is 17.5. The molecule has 1 N–H and O–H groups in total. The van der Waals surface area contributed by atoms with Crippen molar-refractivity contribution in [2.75, 3.05) is 18.4 Å². The van der Waals surface area contributed by atoms with Crippen molar-refractivity contribution in [1.29, 1.82) is 0 Å². The molecule has 0 radical (unpaired) electrons. The predicted molar refractivity (Wildman–Crippen MR) is 145 cm³/mol. The van der Waals surface area contributed by atoms with Crippen molar-refractivity contribution in [2.24, 2.45) is 5.92 Å². The van der Waals surface area contributed by atoms with Crippen LogP contribution in [0.25, 0.3) is 0 Å². The number of likely N-dealkylation sites (tertiary alicyclic amines) is 1. The number of anilines is 1. The van der Waals surface area contributed by atoms with E-state index in [1.807, 2.05) is 19.1 Å². The third kappa shape index (κ3) is 6.40. The predicted octanol–water partition coefficient (Wildman–Crippen LogP) is 6.59. The molecule has 3 aromatic rings. The lowest BCUT2D eigenvalue weighted by Gasteiger charge is -2.33. The van der Waals surface area contributed by atoms with Crippen LogP contribution in [0.2, 0.25) is 5.02 Å². The average molecular weight is 543 g/mol. The standard InChI is InChI=1S/C29H32ClFN2O3S/c1-19(2)29(34)32-28-17-26(20(3)16-27(28)31)22-12-14-33(15-13-22)18-21-4-8-24(9-5-21)37(35,36)25-10-6-23(30)7-11-25/h4-11,16-17,19,22H,12-15,18H2,1-3H3,(H,32,34). The molecule has 0 unspecified atom stereocenters. The van der Waals surface area contributed by atoms with Crippen LogP contribution < -0.4 is 5.32 Å². The van der Waals surface area contributed by atoms with Gasteiger partial charge in [-0.25, -0.2) is 12.8 Å². The third-order valence-corrected chi connectivity index (χ3v) is 8.97. The van der Waals surface area contributed by atoms with Crippen molar-refractivity contribution >= 4 is 33.0 Å². The zero-order valence-corrected chi connectivity index (χ0v) is 22.9. The Morgan fingerprint density at radius 3 is 2.16 bits per heavy atom. The monoisotopic (exact) mass is 542 g/mol. The molecule has 1 saturated heterocycles. The number of hydrogen-bond donors (Lipinski definition) is 1. The number of rotatable bonds is 7. The van der Waals surface area contributed by atoms with Crippen LogP contribution >= 0.6 is 11.6 Å². The minimum absolute atomic E-state index is 0.199. The van der Waals surface area contributed by atoms with Gasteiger partial charge in [0, 0.05) is 17.5 Å². The second kappa shape index (κ2) is 11.3. The molecule has 1 aliphatic rings. The fourth-order valence-electron chi connectivity index (χ4n) is 4.69. The minimum Gasteiger partial charge on any atom is -0.323 e. The van der Waals surface area contributed by atoms with Crippen molar-refractivity contribution in [3.63, 3.8) is 0 Å². The largest absolute Gasteiger partial charge is 0.323 e. The van der Waals surface area contributed by atoms with E-state index >= 15 is 0 Å². The summed E-state index contributed by atoms with van der Waals surface area (Å²) in [6.07, 6.45) is 1.85. The van der Waals surface area contributed by atoms with Crippen LogP contribution in [-0.2, 0) is 21.2 Å². The van der Waals surface area contributed by atoms with E-state index in [0.29, 0.717) is 10.9 Å². The SMILES string of the molecule is Cc1cc(F)c(NC(=O)C(C)C)cc1C1CCN(Cc2ccc(S(=O)(=O)c3ccc(Cl)cc3)cc2)CC1. The highest BCUT2D eigenvalue weighted by molar-refractivity contribution is 7.91. The van der Waals surface area contributed by atoms with Crippen molar-refractivity contribution in [2.45, 2.75) is 55.9 Å². The van der Waals surface area contributed by atoms with Crippen LogP contribution in [0.15, 0.2) is 70.5 Å². The van der Waals surface area contributed by atoms with Crippen molar-refractivity contribution in [3.8, 4) is 0 Å². The van der Waals surface area contributed by atoms with E-state index < -0.39 is 15.7 Å². The molecule has 196 valence electrons. The number of halogens is 2. The van der Waals surface area contributed by atoms with E-state index in [0.717, 1.165) is 49.2 Å². The molecule has 3 aromatic carbocycles. The van der Waals surface area contributed by atoms with Gasteiger partial charge in [0.2, 0.25) is 15.7 Å². The Bertz CT molecular complexity index is 1370. The summed E-state index contributed by atoms with van der Waals surface area (Å²) in [7, 11) is -3.59. The van der Waals surface area contributed by atoms with E-state index in [2.05, 4.69) is 10.2 Å². The fourth-order valence-corrected chi connectivity index (χ4v) is 6.07. The van der Waals surface area contributed by atoms with E-state index in [4.69, 9.17) is 11.6 Å². The summed E-state index contributed by atoms with van der Waals surface area (Å²) >= 11 is 5.88. The zero-order chi connectivity index (χ0) is 26.7. The van der Waals surface area contributed by atoms with E-state index in [1.165, 1.54) is 18.2 Å². The molecule has 0 bridgehead atoms. The van der Waals surface area contributed by atoms with Gasteiger partial charge in [0.25, 0.3) is 0 Å². The molecule has 4 rings (SSSR count). The molecule has 37 heavy (non-hydrogen) atoms. The molecular weight excluding hydrogens is 511 g/mol. The fraction of sp³-hybridized carbons (Fsp3) is 0.345. The summed E-state index contributed by atoms with van der Waals surface area (Å²) in [5.41, 5.74) is 3.27. The van der Waals surface area contributed by atoms with Crippen molar-refractivity contribution < 1.29 is 17.6 Å². The summed E-state index contributed by atoms with van der Waals surface area (Å²) in [4.78, 5) is 14.9. The number of carbonyl (C=O) groups excluding carboxylic acids is 1. The summed E-state index contributed by atoms with van der Waals surface area (Å²) in [5.74, 6) is -0.540. The maximum absolute atomic E-state index is 14.5. The van der Waals surface area contributed by atoms with Gasteiger partial charge in [-0.3, -0.25) is 9.69 Å². The lowest BCUT2D eigenvalue weighted by Crippen LogP contribution is -2.32. The normalized spacial score (nSPS) is 15.2. The number of aryl methyl sites for hydroxylation is 1. The van der Waals surface area contributed by atoms with Crippen LogP contribution in [-0.4, -0.2) is 32.3 Å². The number of carbonyl (C=O) groups is 1. The van der Waals surface area contributed by atoms with Crippen LogP contribution in [0.4, 0.5) is 10.1 Å². The molecule has 0 spiro atoms. The Balaban J connectivity index is 1.38. The maximum Gasteiger partial charge on any atom is 0.227 e. The molecule has 1 aliphatic heterocycles. The van der Waals surface area contributed by atoms with E-state index in [9.17, 15) is 17.6 Å². The van der Waals surface area contributed by atoms with Gasteiger partial charge in [-0.05, 0) is 104 Å². The van der Waals surface area contributed by atoms with Gasteiger partial charge < -0.3 is 5.32 Å². The lowest BCUT2D eigenvalue weighted by atomic mass is 9.86. The molecule has 1 fully saturated rings. The third-order valence-electron chi connectivity index (χ3n) is 6.93. The van der Waals surface area contributed by atoms with Gasteiger partial charge in [-0.15, -0.1) is 0 Å². The molecular formula is C29H32ClFN2O3S. The first-order valence-corrected chi connectivity index (χ1v) is 14.3. The zero-order valence-electron chi connectivity index (χ0n) is 21.3. The number of benzene rings is 3.